The fraction of sp³-hybridized carbons (Fsp3) is 1.00. The molecule has 0 spiro atoms. The Kier molecular flexibility index (Phi) is 5.43. The minimum absolute atomic E-state index is 0.107. The van der Waals surface area contributed by atoms with Gasteiger partial charge in [0.15, 0.2) is 0 Å². The standard InChI is InChI=1S/C15H31NOS/c1-7-10-16-12-8-9-15(5,6)11-13(12)18(17)14(2,3)4/h12-13,16H,7-11H2,1-6H3. The second-order valence-corrected chi connectivity index (χ2v) is 9.84. The van der Waals surface area contributed by atoms with Crippen LogP contribution in [0.1, 0.15) is 67.2 Å². The van der Waals surface area contributed by atoms with Crippen LogP contribution in [0.4, 0.5) is 0 Å². The molecule has 1 N–H and O–H groups in total. The highest BCUT2D eigenvalue weighted by molar-refractivity contribution is 7.87. The summed E-state index contributed by atoms with van der Waals surface area (Å²) in [5.74, 6) is 0. The van der Waals surface area contributed by atoms with Crippen molar-refractivity contribution in [1.82, 2.24) is 5.32 Å². The summed E-state index contributed by atoms with van der Waals surface area (Å²) in [5, 5.41) is 3.92. The van der Waals surface area contributed by atoms with E-state index in [9.17, 15) is 4.21 Å². The smallest absolute Gasteiger partial charge is 0.0511 e. The van der Waals surface area contributed by atoms with Crippen LogP contribution < -0.4 is 5.32 Å². The minimum atomic E-state index is -0.766. The van der Waals surface area contributed by atoms with Gasteiger partial charge < -0.3 is 5.32 Å². The zero-order valence-corrected chi connectivity index (χ0v) is 13.8. The van der Waals surface area contributed by atoms with Gasteiger partial charge in [-0.3, -0.25) is 4.21 Å². The second kappa shape index (κ2) is 6.04. The van der Waals surface area contributed by atoms with Crippen LogP contribution in [0.25, 0.3) is 0 Å². The predicted molar refractivity (Wildman–Crippen MR) is 81.4 cm³/mol. The van der Waals surface area contributed by atoms with Gasteiger partial charge in [-0.2, -0.15) is 0 Å². The lowest BCUT2D eigenvalue weighted by Gasteiger charge is -2.42. The summed E-state index contributed by atoms with van der Waals surface area (Å²) >= 11 is 0. The SMILES string of the molecule is CCCNC1CCC(C)(C)CC1S(=O)C(C)(C)C. The Labute approximate surface area is 116 Å². The number of nitrogens with one attached hydrogen (secondary N) is 1. The molecule has 3 heteroatoms. The van der Waals surface area contributed by atoms with Crippen LogP contribution in [0.5, 0.6) is 0 Å². The van der Waals surface area contributed by atoms with Crippen LogP contribution >= 0.6 is 0 Å². The average Bonchev–Trinajstić information content (AvgIpc) is 2.24. The van der Waals surface area contributed by atoms with Crippen LogP contribution in [0, 0.1) is 5.41 Å². The molecule has 1 rings (SSSR count). The van der Waals surface area contributed by atoms with Gasteiger partial charge in [-0.15, -0.1) is 0 Å². The lowest BCUT2D eigenvalue weighted by Crippen LogP contribution is -2.51. The normalized spacial score (nSPS) is 30.1. The van der Waals surface area contributed by atoms with Crippen LogP contribution in [0.2, 0.25) is 0 Å². The van der Waals surface area contributed by atoms with E-state index in [2.05, 4.69) is 46.9 Å². The third-order valence-electron chi connectivity index (χ3n) is 3.87. The minimum Gasteiger partial charge on any atom is -0.313 e. The third kappa shape index (κ3) is 4.34. The summed E-state index contributed by atoms with van der Waals surface area (Å²) in [6.07, 6.45) is 4.64. The van der Waals surface area contributed by atoms with Crippen molar-refractivity contribution in [2.24, 2.45) is 5.41 Å². The molecular weight excluding hydrogens is 242 g/mol. The first kappa shape index (κ1) is 16.2. The van der Waals surface area contributed by atoms with E-state index < -0.39 is 10.8 Å². The average molecular weight is 273 g/mol. The Balaban J connectivity index is 2.80. The van der Waals surface area contributed by atoms with Gasteiger partial charge in [0.2, 0.25) is 0 Å². The van der Waals surface area contributed by atoms with Gasteiger partial charge in [-0.1, -0.05) is 20.8 Å². The zero-order valence-electron chi connectivity index (χ0n) is 13.0. The number of rotatable bonds is 4. The second-order valence-electron chi connectivity index (χ2n) is 7.42. The molecule has 0 aromatic heterocycles. The number of hydrogen-bond donors (Lipinski definition) is 1. The summed E-state index contributed by atoms with van der Waals surface area (Å²) in [6, 6.07) is 0.443. The first-order valence-corrected chi connectivity index (χ1v) is 8.53. The van der Waals surface area contributed by atoms with E-state index in [4.69, 9.17) is 0 Å². The van der Waals surface area contributed by atoms with E-state index in [1.165, 1.54) is 12.8 Å². The highest BCUT2D eigenvalue weighted by Crippen LogP contribution is 2.39. The molecule has 0 saturated heterocycles. The molecule has 1 aliphatic rings. The van der Waals surface area contributed by atoms with Crippen molar-refractivity contribution in [1.29, 1.82) is 0 Å². The van der Waals surface area contributed by atoms with Gasteiger partial charge in [0.1, 0.15) is 0 Å². The summed E-state index contributed by atoms with van der Waals surface area (Å²) in [5.41, 5.74) is 0.343. The molecule has 0 aromatic carbocycles. The third-order valence-corrected chi connectivity index (χ3v) is 6.12. The van der Waals surface area contributed by atoms with Crippen molar-refractivity contribution in [2.75, 3.05) is 6.54 Å². The topological polar surface area (TPSA) is 29.1 Å². The molecular formula is C15H31NOS. The molecule has 0 aromatic rings. The molecule has 1 aliphatic carbocycles. The molecule has 0 aliphatic heterocycles. The molecule has 18 heavy (non-hydrogen) atoms. The van der Waals surface area contributed by atoms with Crippen LogP contribution in [-0.2, 0) is 10.8 Å². The van der Waals surface area contributed by atoms with E-state index in [0.717, 1.165) is 19.4 Å². The van der Waals surface area contributed by atoms with Crippen LogP contribution in [0.15, 0.2) is 0 Å². The first-order valence-electron chi connectivity index (χ1n) is 7.31. The van der Waals surface area contributed by atoms with Crippen molar-refractivity contribution >= 4 is 10.8 Å². The van der Waals surface area contributed by atoms with E-state index in [1.807, 2.05) is 0 Å². The monoisotopic (exact) mass is 273 g/mol. The summed E-state index contributed by atoms with van der Waals surface area (Å²) in [4.78, 5) is 0. The van der Waals surface area contributed by atoms with E-state index in [0.29, 0.717) is 16.7 Å². The molecule has 0 bridgehead atoms. The lowest BCUT2D eigenvalue weighted by molar-refractivity contribution is 0.211. The van der Waals surface area contributed by atoms with Gasteiger partial charge in [-0.25, -0.2) is 0 Å². The van der Waals surface area contributed by atoms with E-state index in [1.54, 1.807) is 0 Å². The molecule has 1 fully saturated rings. The van der Waals surface area contributed by atoms with Crippen LogP contribution in [0.3, 0.4) is 0 Å². The predicted octanol–water partition coefficient (Wildman–Crippen LogP) is 3.48. The van der Waals surface area contributed by atoms with Crippen molar-refractivity contribution in [3.63, 3.8) is 0 Å². The van der Waals surface area contributed by atoms with Crippen LogP contribution in [-0.4, -0.2) is 26.8 Å². The maximum atomic E-state index is 12.8. The zero-order chi connectivity index (χ0) is 14.0. The van der Waals surface area contributed by atoms with Crippen molar-refractivity contribution in [3.8, 4) is 0 Å². The van der Waals surface area contributed by atoms with Gasteiger partial charge >= 0.3 is 0 Å². The Bertz CT molecular complexity index is 293. The highest BCUT2D eigenvalue weighted by Gasteiger charge is 2.40. The molecule has 3 unspecified atom stereocenters. The first-order chi connectivity index (χ1) is 8.17. The van der Waals surface area contributed by atoms with Crippen molar-refractivity contribution < 1.29 is 4.21 Å². The molecule has 0 amide bonds. The summed E-state index contributed by atoms with van der Waals surface area (Å²) in [6.45, 7) is 14.2. The quantitative estimate of drug-likeness (QED) is 0.849. The maximum absolute atomic E-state index is 12.8. The largest absolute Gasteiger partial charge is 0.313 e. The van der Waals surface area contributed by atoms with E-state index >= 15 is 0 Å². The summed E-state index contributed by atoms with van der Waals surface area (Å²) in [7, 11) is -0.766. The molecule has 3 atom stereocenters. The fourth-order valence-electron chi connectivity index (χ4n) is 2.76. The Morgan fingerprint density at radius 1 is 1.33 bits per heavy atom. The lowest BCUT2D eigenvalue weighted by atomic mass is 9.75. The molecule has 0 heterocycles. The van der Waals surface area contributed by atoms with Gasteiger partial charge in [0.25, 0.3) is 0 Å². The molecule has 108 valence electrons. The van der Waals surface area contributed by atoms with E-state index in [-0.39, 0.29) is 4.75 Å². The van der Waals surface area contributed by atoms with Crippen molar-refractivity contribution in [2.45, 2.75) is 83.3 Å². The highest BCUT2D eigenvalue weighted by atomic mass is 32.2. The van der Waals surface area contributed by atoms with Gasteiger partial charge in [0.05, 0.1) is 5.25 Å². The van der Waals surface area contributed by atoms with Gasteiger partial charge in [-0.05, 0) is 58.4 Å². The Morgan fingerprint density at radius 2 is 1.94 bits per heavy atom. The molecule has 1 saturated carbocycles. The van der Waals surface area contributed by atoms with Gasteiger partial charge in [0, 0.05) is 21.6 Å². The Hall–Kier alpha value is 0.110. The Morgan fingerprint density at radius 3 is 2.44 bits per heavy atom. The molecule has 2 nitrogen and oxygen atoms in total. The fourth-order valence-corrected chi connectivity index (χ4v) is 4.80. The van der Waals surface area contributed by atoms with Crippen molar-refractivity contribution in [3.05, 3.63) is 0 Å². The summed E-state index contributed by atoms with van der Waals surface area (Å²) < 4.78 is 12.6. The maximum Gasteiger partial charge on any atom is 0.0511 e. The molecule has 0 radical (unpaired) electrons. The number of hydrogen-bond acceptors (Lipinski definition) is 2.